The van der Waals surface area contributed by atoms with E-state index in [-0.39, 0.29) is 42.2 Å². The summed E-state index contributed by atoms with van der Waals surface area (Å²) in [6.07, 6.45) is 1.49. The van der Waals surface area contributed by atoms with Crippen LogP contribution in [0.5, 0.6) is 0 Å². The van der Waals surface area contributed by atoms with Gasteiger partial charge in [-0.25, -0.2) is 4.79 Å². The molecule has 184 valence electrons. The molecule has 2 amide bonds. The number of hydrogen-bond acceptors (Lipinski definition) is 4. The van der Waals surface area contributed by atoms with Crippen LogP contribution in [0.1, 0.15) is 50.2 Å². The van der Waals surface area contributed by atoms with Gasteiger partial charge in [0.05, 0.1) is 5.92 Å². The Balaban J connectivity index is 1.18. The number of nitrogens with one attached hydrogen (secondary N) is 2. The van der Waals surface area contributed by atoms with Crippen molar-refractivity contribution in [2.75, 3.05) is 6.61 Å². The average molecular weight is 477 g/mol. The molecule has 0 radical (unpaired) electrons. The molecule has 3 N–H and O–H groups in total. The van der Waals surface area contributed by atoms with Gasteiger partial charge in [-0.1, -0.05) is 62.4 Å². The molecular formula is C28H32N2O5. The van der Waals surface area contributed by atoms with Crippen LogP contribution >= 0.6 is 0 Å². The first-order valence-corrected chi connectivity index (χ1v) is 12.5. The molecule has 0 saturated heterocycles. The van der Waals surface area contributed by atoms with Gasteiger partial charge in [0.1, 0.15) is 12.6 Å². The molecule has 1 unspecified atom stereocenters. The molecule has 7 nitrogen and oxygen atoms in total. The number of hydrogen-bond donors (Lipinski definition) is 3. The minimum Gasteiger partial charge on any atom is -0.481 e. The lowest BCUT2D eigenvalue weighted by Crippen LogP contribution is -2.57. The normalized spacial score (nSPS) is 25.1. The van der Waals surface area contributed by atoms with Gasteiger partial charge in [0.15, 0.2) is 0 Å². The molecule has 0 spiro atoms. The van der Waals surface area contributed by atoms with E-state index in [1.807, 2.05) is 38.1 Å². The van der Waals surface area contributed by atoms with E-state index in [1.54, 1.807) is 0 Å². The lowest BCUT2D eigenvalue weighted by atomic mass is 9.71. The Bertz CT molecular complexity index is 1100. The Labute approximate surface area is 205 Å². The van der Waals surface area contributed by atoms with Gasteiger partial charge in [0.25, 0.3) is 0 Å². The molecule has 7 heteroatoms. The van der Waals surface area contributed by atoms with Gasteiger partial charge < -0.3 is 20.5 Å². The van der Waals surface area contributed by atoms with Gasteiger partial charge in [-0.3, -0.25) is 9.59 Å². The summed E-state index contributed by atoms with van der Waals surface area (Å²) in [6, 6.07) is 15.6. The third-order valence-corrected chi connectivity index (χ3v) is 8.07. The maximum absolute atomic E-state index is 13.0. The first kappa shape index (κ1) is 23.4. The van der Waals surface area contributed by atoms with E-state index >= 15 is 0 Å². The predicted molar refractivity (Wildman–Crippen MR) is 131 cm³/mol. The fourth-order valence-corrected chi connectivity index (χ4v) is 6.17. The first-order valence-electron chi connectivity index (χ1n) is 12.5. The highest BCUT2D eigenvalue weighted by Gasteiger charge is 2.50. The average Bonchev–Trinajstić information content (AvgIpc) is 3.34. The van der Waals surface area contributed by atoms with Crippen LogP contribution in [-0.4, -0.2) is 41.8 Å². The Morgan fingerprint density at radius 2 is 1.60 bits per heavy atom. The minimum atomic E-state index is -0.749. The number of amides is 2. The van der Waals surface area contributed by atoms with E-state index in [1.165, 1.54) is 0 Å². The predicted octanol–water partition coefficient (Wildman–Crippen LogP) is 4.17. The number of benzene rings is 2. The van der Waals surface area contributed by atoms with E-state index in [0.717, 1.165) is 28.7 Å². The molecule has 3 aliphatic carbocycles. The number of carboxylic acids is 1. The van der Waals surface area contributed by atoms with Crippen LogP contribution in [0.4, 0.5) is 4.79 Å². The van der Waals surface area contributed by atoms with E-state index in [0.29, 0.717) is 18.8 Å². The Morgan fingerprint density at radius 3 is 2.20 bits per heavy atom. The highest BCUT2D eigenvalue weighted by molar-refractivity contribution is 5.86. The summed E-state index contributed by atoms with van der Waals surface area (Å²) < 4.78 is 5.63. The van der Waals surface area contributed by atoms with Gasteiger partial charge in [-0.2, -0.15) is 0 Å². The molecule has 5 atom stereocenters. The third kappa shape index (κ3) is 4.40. The van der Waals surface area contributed by atoms with Crippen molar-refractivity contribution >= 4 is 18.0 Å². The molecule has 0 heterocycles. The van der Waals surface area contributed by atoms with Gasteiger partial charge in [0.2, 0.25) is 5.91 Å². The van der Waals surface area contributed by atoms with Gasteiger partial charge >= 0.3 is 12.1 Å². The summed E-state index contributed by atoms with van der Waals surface area (Å²) in [5.74, 6) is -0.891. The zero-order valence-electron chi connectivity index (χ0n) is 20.1. The van der Waals surface area contributed by atoms with Gasteiger partial charge in [0, 0.05) is 12.0 Å². The first-order chi connectivity index (χ1) is 16.8. The van der Waals surface area contributed by atoms with Crippen molar-refractivity contribution in [3.63, 3.8) is 0 Å². The Morgan fingerprint density at radius 1 is 0.971 bits per heavy atom. The largest absolute Gasteiger partial charge is 0.481 e. The van der Waals surface area contributed by atoms with Crippen LogP contribution in [0.2, 0.25) is 0 Å². The number of rotatable bonds is 7. The van der Waals surface area contributed by atoms with Crippen molar-refractivity contribution < 1.29 is 24.2 Å². The van der Waals surface area contributed by atoms with Crippen molar-refractivity contribution in [2.45, 2.75) is 51.1 Å². The molecule has 2 aromatic rings. The molecule has 0 aromatic heterocycles. The molecule has 0 aliphatic heterocycles. The topological polar surface area (TPSA) is 105 Å². The Hall–Kier alpha value is -3.35. The van der Waals surface area contributed by atoms with E-state index in [4.69, 9.17) is 4.74 Å². The van der Waals surface area contributed by atoms with E-state index in [2.05, 4.69) is 34.9 Å². The number of carbonyl (C=O) groups is 3. The lowest BCUT2D eigenvalue weighted by molar-refractivity contribution is -0.141. The Kier molecular flexibility index (Phi) is 6.26. The maximum Gasteiger partial charge on any atom is 0.407 e. The maximum atomic E-state index is 13.0. The zero-order chi connectivity index (χ0) is 24.7. The lowest BCUT2D eigenvalue weighted by Gasteiger charge is -2.41. The van der Waals surface area contributed by atoms with Crippen LogP contribution in [0, 0.1) is 23.7 Å². The molecule has 0 bridgehead atoms. The fraction of sp³-hybridized carbons (Fsp3) is 0.464. The summed E-state index contributed by atoms with van der Waals surface area (Å²) in [7, 11) is 0. The molecule has 3 aliphatic rings. The molecule has 35 heavy (non-hydrogen) atoms. The van der Waals surface area contributed by atoms with E-state index in [9.17, 15) is 19.5 Å². The van der Waals surface area contributed by atoms with Gasteiger partial charge in [-0.15, -0.1) is 0 Å². The second-order valence-electron chi connectivity index (χ2n) is 10.5. The second-order valence-corrected chi connectivity index (χ2v) is 10.5. The summed E-state index contributed by atoms with van der Waals surface area (Å²) in [5.41, 5.74) is 4.59. The number of fused-ring (bicyclic) bond motifs is 4. The summed E-state index contributed by atoms with van der Waals surface area (Å²) >= 11 is 0. The highest BCUT2D eigenvalue weighted by atomic mass is 16.5. The van der Waals surface area contributed by atoms with Crippen molar-refractivity contribution in [1.29, 1.82) is 0 Å². The van der Waals surface area contributed by atoms with Gasteiger partial charge in [-0.05, 0) is 59.3 Å². The van der Waals surface area contributed by atoms with Crippen LogP contribution in [0.15, 0.2) is 48.5 Å². The van der Waals surface area contributed by atoms with Crippen molar-refractivity contribution in [1.82, 2.24) is 10.6 Å². The smallest absolute Gasteiger partial charge is 0.407 e. The fourth-order valence-electron chi connectivity index (χ4n) is 6.17. The van der Waals surface area contributed by atoms with Crippen molar-refractivity contribution in [2.24, 2.45) is 23.7 Å². The molecule has 2 aromatic carbocycles. The molecule has 2 saturated carbocycles. The van der Waals surface area contributed by atoms with Crippen LogP contribution < -0.4 is 10.6 Å². The van der Waals surface area contributed by atoms with Crippen LogP contribution in [-0.2, 0) is 14.3 Å². The molecule has 2 fully saturated rings. The zero-order valence-corrected chi connectivity index (χ0v) is 20.1. The van der Waals surface area contributed by atoms with E-state index < -0.39 is 18.1 Å². The van der Waals surface area contributed by atoms with Crippen LogP contribution in [0.3, 0.4) is 0 Å². The second kappa shape index (κ2) is 9.36. The quantitative estimate of drug-likeness (QED) is 0.557. The summed E-state index contributed by atoms with van der Waals surface area (Å²) in [5, 5.41) is 15.1. The van der Waals surface area contributed by atoms with Crippen LogP contribution in [0.25, 0.3) is 11.1 Å². The SMILES string of the molecule is CC(C)[C@H](NC(=O)OCC1c2ccccc2-c2ccccc21)C(=O)N[C@@H]1C[C@@H]2CC(C(=O)O)C[C@@H]21. The molecular weight excluding hydrogens is 444 g/mol. The number of aliphatic carboxylic acids is 1. The number of ether oxygens (including phenoxy) is 1. The standard InChI is InChI=1S/C28H32N2O5/c1-15(2)25(26(31)29-24-13-16-11-17(27(32)33)12-22(16)24)30-28(34)35-14-23-20-9-5-3-7-18(20)19-8-4-6-10-21(19)23/h3-10,15-17,22-25H,11-14H2,1-2H3,(H,29,31)(H,30,34)(H,32,33)/t16-,17?,22-,24+,25-/m0/s1. The number of alkyl carbamates (subject to hydrolysis) is 1. The summed E-state index contributed by atoms with van der Waals surface area (Å²) in [4.78, 5) is 37.1. The third-order valence-electron chi connectivity index (χ3n) is 8.07. The molecule has 5 rings (SSSR count). The highest BCUT2D eigenvalue weighted by Crippen LogP contribution is 2.50. The van der Waals surface area contributed by atoms with Crippen molar-refractivity contribution in [3.05, 3.63) is 59.7 Å². The summed E-state index contributed by atoms with van der Waals surface area (Å²) in [6.45, 7) is 3.95. The minimum absolute atomic E-state index is 0.0255. The monoisotopic (exact) mass is 476 g/mol. The number of carboxylic acid groups (broad SMARTS) is 1. The van der Waals surface area contributed by atoms with Crippen molar-refractivity contribution in [3.8, 4) is 11.1 Å². The number of carbonyl (C=O) groups excluding carboxylic acids is 2.